The molecule has 0 aliphatic carbocycles. The highest BCUT2D eigenvalue weighted by Crippen LogP contribution is 2.23. The average molecular weight is 295 g/mol. The van der Waals surface area contributed by atoms with Crippen LogP contribution < -0.4 is 5.32 Å². The zero-order chi connectivity index (χ0) is 14.7. The number of rotatable bonds is 3. The van der Waals surface area contributed by atoms with Crippen LogP contribution in [0.15, 0.2) is 18.2 Å². The Bertz CT molecular complexity index is 640. The summed E-state index contributed by atoms with van der Waals surface area (Å²) in [5.74, 6) is -0.891. The Labute approximate surface area is 119 Å². The molecule has 2 aromatic rings. The maximum Gasteiger partial charge on any atom is 0.297 e. The first-order valence-corrected chi connectivity index (χ1v) is 5.93. The highest BCUT2D eigenvalue weighted by Gasteiger charge is 2.15. The van der Waals surface area contributed by atoms with Gasteiger partial charge in [0.25, 0.3) is 17.6 Å². The van der Waals surface area contributed by atoms with Gasteiger partial charge in [-0.15, -0.1) is 10.2 Å². The molecule has 0 aliphatic rings. The van der Waals surface area contributed by atoms with Crippen LogP contribution in [-0.4, -0.2) is 51.4 Å². The minimum absolute atomic E-state index is 0.120. The lowest BCUT2D eigenvalue weighted by Gasteiger charge is -2.12. The van der Waals surface area contributed by atoms with Crippen molar-refractivity contribution >= 4 is 29.1 Å². The van der Waals surface area contributed by atoms with Crippen molar-refractivity contribution in [3.63, 3.8) is 0 Å². The number of halogens is 1. The number of hydrogen-bond acceptors (Lipinski definition) is 5. The molecule has 104 valence electrons. The first kappa shape index (κ1) is 13.9. The normalized spacial score (nSPS) is 10.2. The number of benzene rings is 1. The molecule has 0 spiro atoms. The van der Waals surface area contributed by atoms with Crippen LogP contribution in [-0.2, 0) is 0 Å². The number of H-pyrrole nitrogens is 1. The number of aromatic nitrogens is 4. The number of nitrogens with zero attached hydrogens (tertiary/aromatic N) is 4. The predicted molar refractivity (Wildman–Crippen MR) is 71.6 cm³/mol. The van der Waals surface area contributed by atoms with Gasteiger partial charge in [-0.3, -0.25) is 9.59 Å². The Balaban J connectivity index is 2.25. The van der Waals surface area contributed by atoms with Crippen LogP contribution in [0.1, 0.15) is 21.0 Å². The van der Waals surface area contributed by atoms with Gasteiger partial charge in [-0.1, -0.05) is 11.6 Å². The number of tetrazole rings is 1. The van der Waals surface area contributed by atoms with Crippen molar-refractivity contribution in [2.45, 2.75) is 0 Å². The Morgan fingerprint density at radius 3 is 2.70 bits per heavy atom. The predicted octanol–water partition coefficient (Wildman–Crippen LogP) is 0.807. The molecule has 9 heteroatoms. The molecule has 2 N–H and O–H groups in total. The summed E-state index contributed by atoms with van der Waals surface area (Å²) >= 11 is 5.98. The third-order valence-electron chi connectivity index (χ3n) is 2.42. The van der Waals surface area contributed by atoms with Gasteiger partial charge in [0.15, 0.2) is 0 Å². The Hall–Kier alpha value is -2.48. The number of hydrogen-bond donors (Lipinski definition) is 2. The van der Waals surface area contributed by atoms with Gasteiger partial charge in [0.1, 0.15) is 0 Å². The molecule has 0 saturated carbocycles. The van der Waals surface area contributed by atoms with Crippen LogP contribution in [0.4, 0.5) is 5.69 Å². The number of carbonyl (C=O) groups excluding carboxylic acids is 2. The van der Waals surface area contributed by atoms with Gasteiger partial charge in [-0.25, -0.2) is 0 Å². The fraction of sp³-hybridized carbons (Fsp3) is 0.182. The molecular weight excluding hydrogens is 284 g/mol. The van der Waals surface area contributed by atoms with Crippen molar-refractivity contribution < 1.29 is 9.59 Å². The summed E-state index contributed by atoms with van der Waals surface area (Å²) in [4.78, 5) is 25.1. The second-order valence-corrected chi connectivity index (χ2v) is 4.49. The molecular formula is C11H11ClN6O2. The van der Waals surface area contributed by atoms with Crippen molar-refractivity contribution in [1.29, 1.82) is 0 Å². The van der Waals surface area contributed by atoms with Gasteiger partial charge in [0, 0.05) is 19.7 Å². The van der Waals surface area contributed by atoms with E-state index >= 15 is 0 Å². The van der Waals surface area contributed by atoms with E-state index in [-0.39, 0.29) is 11.7 Å². The first-order valence-electron chi connectivity index (χ1n) is 5.55. The summed E-state index contributed by atoms with van der Waals surface area (Å²) in [7, 11) is 3.27. The molecule has 0 radical (unpaired) electrons. The average Bonchev–Trinajstić information content (AvgIpc) is 2.94. The van der Waals surface area contributed by atoms with E-state index in [2.05, 4.69) is 25.9 Å². The van der Waals surface area contributed by atoms with Gasteiger partial charge in [-0.2, -0.15) is 5.21 Å². The molecule has 0 fully saturated rings. The lowest BCUT2D eigenvalue weighted by Crippen LogP contribution is -2.22. The Kier molecular flexibility index (Phi) is 3.94. The molecule has 2 rings (SSSR count). The highest BCUT2D eigenvalue weighted by atomic mass is 35.5. The van der Waals surface area contributed by atoms with Crippen LogP contribution in [0.25, 0.3) is 0 Å². The molecule has 0 atom stereocenters. The van der Waals surface area contributed by atoms with Gasteiger partial charge >= 0.3 is 0 Å². The lowest BCUT2D eigenvalue weighted by atomic mass is 10.2. The smallest absolute Gasteiger partial charge is 0.297 e. The molecule has 0 unspecified atom stereocenters. The summed E-state index contributed by atoms with van der Waals surface area (Å²) < 4.78 is 0. The van der Waals surface area contributed by atoms with E-state index < -0.39 is 5.91 Å². The van der Waals surface area contributed by atoms with Crippen LogP contribution in [0.3, 0.4) is 0 Å². The minimum atomic E-state index is -0.574. The highest BCUT2D eigenvalue weighted by molar-refractivity contribution is 6.34. The van der Waals surface area contributed by atoms with Crippen molar-refractivity contribution in [3.8, 4) is 0 Å². The Morgan fingerprint density at radius 1 is 1.35 bits per heavy atom. The fourth-order valence-corrected chi connectivity index (χ4v) is 1.61. The number of carbonyl (C=O) groups is 2. The van der Waals surface area contributed by atoms with Crippen molar-refractivity contribution in [2.75, 3.05) is 19.4 Å². The molecule has 1 aromatic heterocycles. The molecule has 1 aromatic carbocycles. The molecule has 0 saturated heterocycles. The summed E-state index contributed by atoms with van der Waals surface area (Å²) in [6.07, 6.45) is 0. The van der Waals surface area contributed by atoms with Gasteiger partial charge in [-0.05, 0) is 23.4 Å². The van der Waals surface area contributed by atoms with Gasteiger partial charge < -0.3 is 10.2 Å². The van der Waals surface area contributed by atoms with Crippen molar-refractivity contribution in [2.24, 2.45) is 0 Å². The first-order chi connectivity index (χ1) is 9.49. The van der Waals surface area contributed by atoms with Crippen LogP contribution in [0.5, 0.6) is 0 Å². The number of aromatic amines is 1. The summed E-state index contributed by atoms with van der Waals surface area (Å²) in [5.41, 5.74) is 0.706. The summed E-state index contributed by atoms with van der Waals surface area (Å²) in [6.45, 7) is 0. The van der Waals surface area contributed by atoms with E-state index in [9.17, 15) is 9.59 Å². The molecule has 8 nitrogen and oxygen atoms in total. The quantitative estimate of drug-likeness (QED) is 0.871. The Morgan fingerprint density at radius 2 is 2.10 bits per heavy atom. The third-order valence-corrected chi connectivity index (χ3v) is 2.75. The monoisotopic (exact) mass is 294 g/mol. The fourth-order valence-electron chi connectivity index (χ4n) is 1.45. The summed E-state index contributed by atoms with van der Waals surface area (Å²) in [6, 6.07) is 4.60. The third kappa shape index (κ3) is 2.91. The second-order valence-electron chi connectivity index (χ2n) is 4.08. The number of nitrogens with one attached hydrogen (secondary N) is 2. The number of anilines is 1. The largest absolute Gasteiger partial charge is 0.345 e. The van der Waals surface area contributed by atoms with E-state index in [0.29, 0.717) is 16.3 Å². The van der Waals surface area contributed by atoms with Crippen LogP contribution in [0, 0.1) is 0 Å². The van der Waals surface area contributed by atoms with E-state index in [0.717, 1.165) is 0 Å². The maximum atomic E-state index is 11.9. The SMILES string of the molecule is CN(C)C(=O)c1ccc(Cl)c(NC(=O)c2nn[nH]n2)c1. The molecule has 0 bridgehead atoms. The summed E-state index contributed by atoms with van der Waals surface area (Å²) in [5, 5.41) is 15.4. The standard InChI is InChI=1S/C11H11ClN6O2/c1-18(2)11(20)6-3-4-7(12)8(5-6)13-10(19)9-14-16-17-15-9/h3-5H,1-2H3,(H,13,19)(H,14,15,16,17). The number of amides is 2. The molecule has 2 amide bonds. The van der Waals surface area contributed by atoms with Gasteiger partial charge in [0.2, 0.25) is 0 Å². The second kappa shape index (κ2) is 5.66. The van der Waals surface area contributed by atoms with Crippen molar-refractivity contribution in [3.05, 3.63) is 34.6 Å². The van der Waals surface area contributed by atoms with Gasteiger partial charge in [0.05, 0.1) is 10.7 Å². The van der Waals surface area contributed by atoms with E-state index in [1.807, 2.05) is 0 Å². The zero-order valence-electron chi connectivity index (χ0n) is 10.7. The molecule has 1 heterocycles. The van der Waals surface area contributed by atoms with Crippen LogP contribution in [0.2, 0.25) is 5.02 Å². The minimum Gasteiger partial charge on any atom is -0.345 e. The van der Waals surface area contributed by atoms with E-state index in [1.165, 1.54) is 17.0 Å². The topological polar surface area (TPSA) is 104 Å². The van der Waals surface area contributed by atoms with Crippen molar-refractivity contribution in [1.82, 2.24) is 25.5 Å². The van der Waals surface area contributed by atoms with E-state index in [4.69, 9.17) is 11.6 Å². The van der Waals surface area contributed by atoms with E-state index in [1.54, 1.807) is 20.2 Å². The lowest BCUT2D eigenvalue weighted by molar-refractivity contribution is 0.0827. The maximum absolute atomic E-state index is 11.9. The zero-order valence-corrected chi connectivity index (χ0v) is 11.5. The van der Waals surface area contributed by atoms with Crippen LogP contribution >= 0.6 is 11.6 Å². The molecule has 0 aliphatic heterocycles. The molecule has 20 heavy (non-hydrogen) atoms.